The van der Waals surface area contributed by atoms with Crippen molar-refractivity contribution in [2.45, 2.75) is 12.5 Å². The molecule has 7 heteroatoms. The van der Waals surface area contributed by atoms with Gasteiger partial charge in [0.05, 0.1) is 26.5 Å². The van der Waals surface area contributed by atoms with E-state index < -0.39 is 11.6 Å². The Kier molecular flexibility index (Phi) is 5.46. The second-order valence-corrected chi connectivity index (χ2v) is 6.07. The molecule has 1 unspecified atom stereocenters. The van der Waals surface area contributed by atoms with Crippen LogP contribution in [0.25, 0.3) is 0 Å². The molecule has 0 aliphatic carbocycles. The highest BCUT2D eigenvalue weighted by atomic mass is 32.1. The summed E-state index contributed by atoms with van der Waals surface area (Å²) in [6.45, 7) is 1.75. The molecule has 0 saturated carbocycles. The lowest BCUT2D eigenvalue weighted by Crippen LogP contribution is -2.40. The van der Waals surface area contributed by atoms with Gasteiger partial charge in [0.15, 0.2) is 0 Å². The zero-order valence-corrected chi connectivity index (χ0v) is 14.1. The topological polar surface area (TPSA) is 79.8 Å². The van der Waals surface area contributed by atoms with Crippen LogP contribution in [-0.4, -0.2) is 31.9 Å². The molecule has 23 heavy (non-hydrogen) atoms. The third kappa shape index (κ3) is 4.37. The molecule has 1 heterocycles. The first-order chi connectivity index (χ1) is 11.0. The van der Waals surface area contributed by atoms with Crippen molar-refractivity contribution in [3.8, 4) is 11.5 Å². The molecule has 124 valence electrons. The molecule has 1 aromatic heterocycles. The Morgan fingerprint density at radius 2 is 2.09 bits per heavy atom. The van der Waals surface area contributed by atoms with Crippen molar-refractivity contribution in [3.05, 3.63) is 40.6 Å². The quantitative estimate of drug-likeness (QED) is 0.758. The third-order valence-electron chi connectivity index (χ3n) is 3.30. The number of thiophene rings is 1. The van der Waals surface area contributed by atoms with Gasteiger partial charge >= 0.3 is 6.03 Å². The van der Waals surface area contributed by atoms with Crippen LogP contribution in [0.4, 0.5) is 10.5 Å². The number of aliphatic hydroxyl groups is 1. The van der Waals surface area contributed by atoms with Gasteiger partial charge in [-0.1, -0.05) is 6.07 Å². The SMILES string of the molecule is COc1ccc(NC(=O)NCC(C)(O)c2cccs2)c(OC)c1. The lowest BCUT2D eigenvalue weighted by molar-refractivity contribution is 0.0637. The van der Waals surface area contributed by atoms with Gasteiger partial charge in [0, 0.05) is 10.9 Å². The number of urea groups is 1. The minimum absolute atomic E-state index is 0.0951. The highest BCUT2D eigenvalue weighted by Gasteiger charge is 2.25. The monoisotopic (exact) mass is 336 g/mol. The maximum Gasteiger partial charge on any atom is 0.319 e. The first kappa shape index (κ1) is 17.1. The van der Waals surface area contributed by atoms with Crippen LogP contribution in [0.5, 0.6) is 11.5 Å². The maximum atomic E-state index is 12.0. The number of benzene rings is 1. The Hall–Kier alpha value is -2.25. The minimum atomic E-state index is -1.12. The van der Waals surface area contributed by atoms with Gasteiger partial charge in [-0.25, -0.2) is 4.79 Å². The summed E-state index contributed by atoms with van der Waals surface area (Å²) in [6, 6.07) is 8.35. The number of anilines is 1. The van der Waals surface area contributed by atoms with Gasteiger partial charge in [-0.15, -0.1) is 11.3 Å². The summed E-state index contributed by atoms with van der Waals surface area (Å²) in [7, 11) is 3.07. The van der Waals surface area contributed by atoms with Crippen molar-refractivity contribution in [3.63, 3.8) is 0 Å². The van der Waals surface area contributed by atoms with Gasteiger partial charge < -0.3 is 25.2 Å². The number of methoxy groups -OCH3 is 2. The number of carbonyl (C=O) groups is 1. The molecule has 0 aliphatic heterocycles. The summed E-state index contributed by atoms with van der Waals surface area (Å²) < 4.78 is 10.3. The second kappa shape index (κ2) is 7.34. The fraction of sp³-hybridized carbons (Fsp3) is 0.312. The van der Waals surface area contributed by atoms with E-state index in [2.05, 4.69) is 10.6 Å². The van der Waals surface area contributed by atoms with E-state index in [1.54, 1.807) is 32.2 Å². The lowest BCUT2D eigenvalue weighted by Gasteiger charge is -2.22. The molecule has 0 saturated heterocycles. The number of rotatable bonds is 6. The summed E-state index contributed by atoms with van der Waals surface area (Å²) in [5.74, 6) is 1.12. The van der Waals surface area contributed by atoms with Crippen LogP contribution in [0.15, 0.2) is 35.7 Å². The molecule has 1 atom stereocenters. The van der Waals surface area contributed by atoms with E-state index in [1.807, 2.05) is 17.5 Å². The third-order valence-corrected chi connectivity index (χ3v) is 4.43. The van der Waals surface area contributed by atoms with Gasteiger partial charge in [-0.05, 0) is 30.5 Å². The van der Waals surface area contributed by atoms with Gasteiger partial charge in [0.1, 0.15) is 17.1 Å². The summed E-state index contributed by atoms with van der Waals surface area (Å²) in [5.41, 5.74) is -0.600. The van der Waals surface area contributed by atoms with E-state index in [4.69, 9.17) is 9.47 Å². The van der Waals surface area contributed by atoms with Crippen molar-refractivity contribution >= 4 is 23.1 Å². The van der Waals surface area contributed by atoms with E-state index in [-0.39, 0.29) is 6.54 Å². The Morgan fingerprint density at radius 1 is 1.30 bits per heavy atom. The minimum Gasteiger partial charge on any atom is -0.497 e. The molecule has 2 amide bonds. The molecular weight excluding hydrogens is 316 g/mol. The lowest BCUT2D eigenvalue weighted by atomic mass is 10.1. The standard InChI is InChI=1S/C16H20N2O4S/c1-16(20,14-5-4-8-23-14)10-17-15(19)18-12-7-6-11(21-2)9-13(12)22-3/h4-9,20H,10H2,1-3H3,(H2,17,18,19). The van der Waals surface area contributed by atoms with E-state index in [9.17, 15) is 9.90 Å². The molecule has 0 radical (unpaired) electrons. The fourth-order valence-electron chi connectivity index (χ4n) is 1.99. The number of hydrogen-bond acceptors (Lipinski definition) is 5. The Labute approximate surface area is 139 Å². The van der Waals surface area contributed by atoms with Crippen LogP contribution in [0.1, 0.15) is 11.8 Å². The maximum absolute atomic E-state index is 12.0. The zero-order valence-electron chi connectivity index (χ0n) is 13.3. The molecule has 2 rings (SSSR count). The molecule has 0 bridgehead atoms. The molecule has 0 fully saturated rings. The summed E-state index contributed by atoms with van der Waals surface area (Å²) in [5, 5.41) is 17.6. The van der Waals surface area contributed by atoms with Gasteiger partial charge in [0.2, 0.25) is 0 Å². The molecule has 3 N–H and O–H groups in total. The smallest absolute Gasteiger partial charge is 0.319 e. The van der Waals surface area contributed by atoms with Crippen LogP contribution in [0, 0.1) is 0 Å². The van der Waals surface area contributed by atoms with E-state index >= 15 is 0 Å². The second-order valence-electron chi connectivity index (χ2n) is 5.13. The van der Waals surface area contributed by atoms with E-state index in [0.717, 1.165) is 4.88 Å². The van der Waals surface area contributed by atoms with Gasteiger partial charge in [-0.2, -0.15) is 0 Å². The number of ether oxygens (including phenoxy) is 2. The fourth-order valence-corrected chi connectivity index (χ4v) is 2.78. The van der Waals surface area contributed by atoms with Crippen LogP contribution < -0.4 is 20.1 Å². The summed E-state index contributed by atoms with van der Waals surface area (Å²) in [4.78, 5) is 12.8. The number of nitrogens with one attached hydrogen (secondary N) is 2. The van der Waals surface area contributed by atoms with Crippen LogP contribution in [0.2, 0.25) is 0 Å². The molecule has 2 aromatic rings. The normalized spacial score (nSPS) is 13.0. The summed E-state index contributed by atoms with van der Waals surface area (Å²) >= 11 is 1.44. The van der Waals surface area contributed by atoms with Crippen LogP contribution in [0.3, 0.4) is 0 Å². The van der Waals surface area contributed by atoms with Gasteiger partial charge in [-0.3, -0.25) is 0 Å². The molecule has 1 aromatic carbocycles. The molecular formula is C16H20N2O4S. The molecule has 0 aliphatic rings. The zero-order chi connectivity index (χ0) is 16.9. The Morgan fingerprint density at radius 3 is 2.70 bits per heavy atom. The van der Waals surface area contributed by atoms with Crippen LogP contribution in [-0.2, 0) is 5.60 Å². The highest BCUT2D eigenvalue weighted by Crippen LogP contribution is 2.29. The van der Waals surface area contributed by atoms with Crippen molar-refractivity contribution in [1.29, 1.82) is 0 Å². The van der Waals surface area contributed by atoms with Crippen molar-refractivity contribution < 1.29 is 19.4 Å². The van der Waals surface area contributed by atoms with Crippen molar-refractivity contribution in [2.75, 3.05) is 26.1 Å². The Bertz CT molecular complexity index is 656. The Balaban J connectivity index is 1.97. The highest BCUT2D eigenvalue weighted by molar-refractivity contribution is 7.10. The summed E-state index contributed by atoms with van der Waals surface area (Å²) in [6.07, 6.45) is 0. The number of hydrogen-bond donors (Lipinski definition) is 3. The average Bonchev–Trinajstić information content (AvgIpc) is 3.09. The van der Waals surface area contributed by atoms with Crippen molar-refractivity contribution in [2.24, 2.45) is 0 Å². The average molecular weight is 336 g/mol. The predicted octanol–water partition coefficient (Wildman–Crippen LogP) is 2.79. The first-order valence-electron chi connectivity index (χ1n) is 6.99. The van der Waals surface area contributed by atoms with Crippen LogP contribution >= 0.6 is 11.3 Å². The first-order valence-corrected chi connectivity index (χ1v) is 7.87. The van der Waals surface area contributed by atoms with Gasteiger partial charge in [0.25, 0.3) is 0 Å². The molecule has 6 nitrogen and oxygen atoms in total. The van der Waals surface area contributed by atoms with E-state index in [0.29, 0.717) is 17.2 Å². The number of carbonyl (C=O) groups excluding carboxylic acids is 1. The number of amides is 2. The van der Waals surface area contributed by atoms with Crippen molar-refractivity contribution in [1.82, 2.24) is 5.32 Å². The molecule has 0 spiro atoms. The largest absolute Gasteiger partial charge is 0.497 e. The predicted molar refractivity (Wildman–Crippen MR) is 90.5 cm³/mol. The van der Waals surface area contributed by atoms with E-state index in [1.165, 1.54) is 18.4 Å².